The Balaban J connectivity index is 4.32. The van der Waals surface area contributed by atoms with E-state index in [1.54, 1.807) is 13.0 Å². The van der Waals surface area contributed by atoms with E-state index in [1.165, 1.54) is 0 Å². The second-order valence-corrected chi connectivity index (χ2v) is 2.72. The molecule has 0 aliphatic carbocycles. The Morgan fingerprint density at radius 2 is 2.18 bits per heavy atom. The predicted molar refractivity (Wildman–Crippen MR) is 47.3 cm³/mol. The third kappa shape index (κ3) is 2.52. The van der Waals surface area contributed by atoms with Crippen molar-refractivity contribution in [1.29, 1.82) is 0 Å². The van der Waals surface area contributed by atoms with Crippen molar-refractivity contribution in [1.82, 2.24) is 0 Å². The van der Waals surface area contributed by atoms with Gasteiger partial charge in [0.15, 0.2) is 0 Å². The lowest BCUT2D eigenvalue weighted by molar-refractivity contribution is 0.276. The second-order valence-electron chi connectivity index (χ2n) is 2.72. The number of rotatable bonds is 4. The van der Waals surface area contributed by atoms with Gasteiger partial charge in [-0.3, -0.25) is 0 Å². The van der Waals surface area contributed by atoms with E-state index in [0.717, 1.165) is 0 Å². The van der Waals surface area contributed by atoms with Gasteiger partial charge in [-0.05, 0) is 32.4 Å². The molecule has 0 aliphatic rings. The lowest BCUT2D eigenvalue weighted by atomic mass is 9.91. The molecule has 0 bridgehead atoms. The number of aliphatic hydroxyl groups is 1. The molecule has 0 aromatic carbocycles. The van der Waals surface area contributed by atoms with E-state index in [1.807, 2.05) is 6.92 Å². The first-order valence-corrected chi connectivity index (χ1v) is 3.95. The van der Waals surface area contributed by atoms with Crippen LogP contribution in [0.4, 0.5) is 0 Å². The Labute approximate surface area is 68.1 Å². The zero-order valence-electron chi connectivity index (χ0n) is 7.30. The second kappa shape index (κ2) is 4.36. The number of hydrogen-bond acceptors (Lipinski definition) is 3. The van der Waals surface area contributed by atoms with Gasteiger partial charge in [-0.1, -0.05) is 6.92 Å². The summed E-state index contributed by atoms with van der Waals surface area (Å²) in [5.41, 5.74) is 10.6. The zero-order chi connectivity index (χ0) is 8.91. The molecule has 0 heterocycles. The van der Waals surface area contributed by atoms with Gasteiger partial charge in [0.25, 0.3) is 0 Å². The number of aliphatic hydroxyl groups excluding tert-OH is 1. The molecule has 0 saturated heterocycles. The summed E-state index contributed by atoms with van der Waals surface area (Å²) in [6, 6.07) is 0. The summed E-state index contributed by atoms with van der Waals surface area (Å²) >= 11 is 0. The largest absolute Gasteiger partial charge is 0.511 e. The van der Waals surface area contributed by atoms with E-state index < -0.39 is 5.54 Å². The molecule has 3 nitrogen and oxygen atoms in total. The molecule has 0 rings (SSSR count). The SMILES string of the molecule is CC=C(O)C(N)(CC)CCN. The lowest BCUT2D eigenvalue weighted by Crippen LogP contribution is -2.43. The van der Waals surface area contributed by atoms with Crippen LogP contribution in [0, 0.1) is 0 Å². The molecule has 0 saturated carbocycles. The standard InChI is InChI=1S/C8H18N2O/c1-3-7(11)8(10,4-2)5-6-9/h3,11H,4-6,9-10H2,1-2H3. The van der Waals surface area contributed by atoms with E-state index in [2.05, 4.69) is 0 Å². The maximum atomic E-state index is 9.39. The molecule has 0 amide bonds. The van der Waals surface area contributed by atoms with E-state index in [0.29, 0.717) is 19.4 Å². The molecule has 0 aromatic rings. The Kier molecular flexibility index (Phi) is 4.15. The van der Waals surface area contributed by atoms with Crippen molar-refractivity contribution >= 4 is 0 Å². The van der Waals surface area contributed by atoms with Gasteiger partial charge in [0, 0.05) is 0 Å². The third-order valence-corrected chi connectivity index (χ3v) is 2.00. The molecule has 66 valence electrons. The average Bonchev–Trinajstić information content (AvgIpc) is 2.03. The van der Waals surface area contributed by atoms with Crippen molar-refractivity contribution in [3.63, 3.8) is 0 Å². The quantitative estimate of drug-likeness (QED) is 0.532. The molecule has 0 radical (unpaired) electrons. The maximum absolute atomic E-state index is 9.39. The van der Waals surface area contributed by atoms with Crippen molar-refractivity contribution < 1.29 is 5.11 Å². The lowest BCUT2D eigenvalue weighted by Gasteiger charge is -2.26. The molecule has 1 unspecified atom stereocenters. The molecule has 11 heavy (non-hydrogen) atoms. The fourth-order valence-electron chi connectivity index (χ4n) is 1.03. The van der Waals surface area contributed by atoms with Crippen LogP contribution in [0.3, 0.4) is 0 Å². The number of allylic oxidation sites excluding steroid dienone is 1. The molecule has 5 N–H and O–H groups in total. The van der Waals surface area contributed by atoms with Crippen LogP contribution in [-0.2, 0) is 0 Å². The smallest absolute Gasteiger partial charge is 0.108 e. The highest BCUT2D eigenvalue weighted by atomic mass is 16.3. The topological polar surface area (TPSA) is 72.3 Å². The maximum Gasteiger partial charge on any atom is 0.108 e. The summed E-state index contributed by atoms with van der Waals surface area (Å²) in [5, 5.41) is 9.39. The summed E-state index contributed by atoms with van der Waals surface area (Å²) < 4.78 is 0. The molecule has 1 atom stereocenters. The first-order chi connectivity index (χ1) is 5.10. The average molecular weight is 158 g/mol. The highest BCUT2D eigenvalue weighted by molar-refractivity contribution is 5.10. The minimum absolute atomic E-state index is 0.241. The van der Waals surface area contributed by atoms with Crippen molar-refractivity contribution in [3.8, 4) is 0 Å². The third-order valence-electron chi connectivity index (χ3n) is 2.00. The van der Waals surface area contributed by atoms with E-state index in [-0.39, 0.29) is 5.76 Å². The summed E-state index contributed by atoms with van der Waals surface area (Å²) in [6.07, 6.45) is 2.96. The van der Waals surface area contributed by atoms with E-state index >= 15 is 0 Å². The monoisotopic (exact) mass is 158 g/mol. The van der Waals surface area contributed by atoms with Gasteiger partial charge in [0.1, 0.15) is 5.76 Å². The summed E-state index contributed by atoms with van der Waals surface area (Å²) in [7, 11) is 0. The van der Waals surface area contributed by atoms with Gasteiger partial charge >= 0.3 is 0 Å². The first-order valence-electron chi connectivity index (χ1n) is 3.95. The first kappa shape index (κ1) is 10.5. The highest BCUT2D eigenvalue weighted by Gasteiger charge is 2.25. The van der Waals surface area contributed by atoms with Gasteiger partial charge in [0.05, 0.1) is 5.54 Å². The van der Waals surface area contributed by atoms with Crippen molar-refractivity contribution in [3.05, 3.63) is 11.8 Å². The minimum atomic E-state index is -0.608. The number of nitrogens with two attached hydrogens (primary N) is 2. The predicted octanol–water partition coefficient (Wildman–Crippen LogP) is 0.904. The minimum Gasteiger partial charge on any atom is -0.511 e. The van der Waals surface area contributed by atoms with Crippen LogP contribution in [0.15, 0.2) is 11.8 Å². The van der Waals surface area contributed by atoms with Crippen LogP contribution in [0.25, 0.3) is 0 Å². The van der Waals surface area contributed by atoms with Crippen LogP contribution in [0.2, 0.25) is 0 Å². The molecular formula is C8H18N2O. The fraction of sp³-hybridized carbons (Fsp3) is 0.750. The van der Waals surface area contributed by atoms with Crippen molar-refractivity contribution in [2.24, 2.45) is 11.5 Å². The molecule has 0 spiro atoms. The Morgan fingerprint density at radius 1 is 1.64 bits per heavy atom. The normalized spacial score (nSPS) is 18.0. The van der Waals surface area contributed by atoms with Crippen LogP contribution in [-0.4, -0.2) is 17.2 Å². The molecule has 3 heteroatoms. The summed E-state index contributed by atoms with van der Waals surface area (Å²) in [5.74, 6) is 0.241. The molecular weight excluding hydrogens is 140 g/mol. The molecule has 0 aliphatic heterocycles. The van der Waals surface area contributed by atoms with Gasteiger partial charge in [0.2, 0.25) is 0 Å². The Morgan fingerprint density at radius 3 is 2.45 bits per heavy atom. The zero-order valence-corrected chi connectivity index (χ0v) is 7.30. The van der Waals surface area contributed by atoms with E-state index in [9.17, 15) is 5.11 Å². The van der Waals surface area contributed by atoms with Gasteiger partial charge < -0.3 is 16.6 Å². The highest BCUT2D eigenvalue weighted by Crippen LogP contribution is 2.18. The molecule has 0 aromatic heterocycles. The van der Waals surface area contributed by atoms with Crippen molar-refractivity contribution in [2.45, 2.75) is 32.2 Å². The van der Waals surface area contributed by atoms with Crippen LogP contribution in [0.1, 0.15) is 26.7 Å². The van der Waals surface area contributed by atoms with E-state index in [4.69, 9.17) is 11.5 Å². The van der Waals surface area contributed by atoms with Crippen molar-refractivity contribution in [2.75, 3.05) is 6.54 Å². The van der Waals surface area contributed by atoms with Crippen LogP contribution >= 0.6 is 0 Å². The fourth-order valence-corrected chi connectivity index (χ4v) is 1.03. The van der Waals surface area contributed by atoms with Crippen LogP contribution in [0.5, 0.6) is 0 Å². The number of hydrogen-bond donors (Lipinski definition) is 3. The van der Waals surface area contributed by atoms with Crippen LogP contribution < -0.4 is 11.5 Å². The molecule has 0 fully saturated rings. The van der Waals surface area contributed by atoms with Gasteiger partial charge in [-0.25, -0.2) is 0 Å². The van der Waals surface area contributed by atoms with Gasteiger partial charge in [-0.2, -0.15) is 0 Å². The summed E-state index contributed by atoms with van der Waals surface area (Å²) in [4.78, 5) is 0. The Bertz CT molecular complexity index is 145. The Hall–Kier alpha value is -0.540. The van der Waals surface area contributed by atoms with Gasteiger partial charge in [-0.15, -0.1) is 0 Å². The summed E-state index contributed by atoms with van der Waals surface area (Å²) in [6.45, 7) is 4.21.